The van der Waals surface area contributed by atoms with E-state index in [0.717, 1.165) is 50.5 Å². The van der Waals surface area contributed by atoms with E-state index in [2.05, 4.69) is 50.9 Å². The lowest BCUT2D eigenvalue weighted by atomic mass is 10.00. The number of ether oxygens (including phenoxy) is 1. The third-order valence-electron chi connectivity index (χ3n) is 5.39. The van der Waals surface area contributed by atoms with Gasteiger partial charge in [-0.25, -0.2) is 4.98 Å². The fourth-order valence-electron chi connectivity index (χ4n) is 3.81. The Kier molecular flexibility index (Phi) is 7.48. The minimum atomic E-state index is -0.504. The molecule has 1 aliphatic rings. The topological polar surface area (TPSA) is 57.6 Å². The number of aliphatic hydroxyl groups is 1. The molecule has 0 spiro atoms. The average molecular weight is 424 g/mol. The first kappa shape index (κ1) is 21.0. The number of fused-ring (bicyclic) bond motifs is 1. The van der Waals surface area contributed by atoms with Crippen LogP contribution in [0, 0.1) is 0 Å². The number of thiazole rings is 1. The van der Waals surface area contributed by atoms with Crippen LogP contribution in [0.4, 0.5) is 0 Å². The van der Waals surface area contributed by atoms with Crippen molar-refractivity contribution in [3.05, 3.63) is 81.8 Å². The van der Waals surface area contributed by atoms with Crippen LogP contribution in [0.25, 0.3) is 0 Å². The molecule has 2 aromatic carbocycles. The van der Waals surface area contributed by atoms with E-state index in [-0.39, 0.29) is 0 Å². The molecule has 0 aliphatic carbocycles. The number of aromatic nitrogens is 1. The van der Waals surface area contributed by atoms with E-state index in [1.54, 1.807) is 11.3 Å². The molecule has 158 valence electrons. The van der Waals surface area contributed by atoms with E-state index in [9.17, 15) is 5.11 Å². The van der Waals surface area contributed by atoms with Crippen LogP contribution >= 0.6 is 11.3 Å². The SMILES string of the molecule is OC(COc1cccc(CNCCc2cscn2)c1)CN1CCc2ccccc2C1. The van der Waals surface area contributed by atoms with Crippen molar-refractivity contribution in [1.29, 1.82) is 0 Å². The van der Waals surface area contributed by atoms with Gasteiger partial charge in [0.15, 0.2) is 0 Å². The molecule has 0 saturated heterocycles. The highest BCUT2D eigenvalue weighted by Gasteiger charge is 2.18. The second-order valence-corrected chi connectivity index (χ2v) is 8.49. The number of aliphatic hydroxyl groups excluding tert-OH is 1. The van der Waals surface area contributed by atoms with Crippen LogP contribution in [0.5, 0.6) is 5.75 Å². The molecule has 0 amide bonds. The van der Waals surface area contributed by atoms with Crippen molar-refractivity contribution in [1.82, 2.24) is 15.2 Å². The van der Waals surface area contributed by atoms with Gasteiger partial charge in [0, 0.05) is 44.5 Å². The first-order valence-electron chi connectivity index (χ1n) is 10.5. The lowest BCUT2D eigenvalue weighted by Crippen LogP contribution is -2.38. The van der Waals surface area contributed by atoms with Crippen LogP contribution in [-0.4, -0.2) is 47.3 Å². The van der Waals surface area contributed by atoms with Crippen molar-refractivity contribution in [3.63, 3.8) is 0 Å². The molecule has 4 rings (SSSR count). The molecule has 0 fully saturated rings. The van der Waals surface area contributed by atoms with Gasteiger partial charge in [-0.3, -0.25) is 4.90 Å². The molecule has 0 radical (unpaired) electrons. The van der Waals surface area contributed by atoms with Gasteiger partial charge in [-0.1, -0.05) is 36.4 Å². The summed E-state index contributed by atoms with van der Waals surface area (Å²) in [6.45, 7) is 4.50. The van der Waals surface area contributed by atoms with Crippen molar-refractivity contribution in [2.75, 3.05) is 26.2 Å². The van der Waals surface area contributed by atoms with Gasteiger partial charge >= 0.3 is 0 Å². The highest BCUT2D eigenvalue weighted by Crippen LogP contribution is 2.19. The van der Waals surface area contributed by atoms with Gasteiger partial charge in [-0.05, 0) is 35.2 Å². The monoisotopic (exact) mass is 423 g/mol. The number of benzene rings is 2. The maximum Gasteiger partial charge on any atom is 0.119 e. The molecule has 2 N–H and O–H groups in total. The quantitative estimate of drug-likeness (QED) is 0.490. The molecule has 1 atom stereocenters. The van der Waals surface area contributed by atoms with Crippen molar-refractivity contribution >= 4 is 11.3 Å². The highest BCUT2D eigenvalue weighted by molar-refractivity contribution is 7.07. The third-order valence-corrected chi connectivity index (χ3v) is 6.03. The predicted molar refractivity (Wildman–Crippen MR) is 121 cm³/mol. The summed E-state index contributed by atoms with van der Waals surface area (Å²) < 4.78 is 5.87. The molecule has 1 aromatic heterocycles. The number of β-amino-alcohol motifs (C(OH)–C–C–N with tert-alkyl or cyclic N) is 1. The second kappa shape index (κ2) is 10.7. The summed E-state index contributed by atoms with van der Waals surface area (Å²) in [7, 11) is 0. The van der Waals surface area contributed by atoms with Crippen LogP contribution in [0.1, 0.15) is 22.4 Å². The zero-order valence-corrected chi connectivity index (χ0v) is 18.0. The van der Waals surface area contributed by atoms with Gasteiger partial charge in [-0.15, -0.1) is 11.3 Å². The van der Waals surface area contributed by atoms with E-state index >= 15 is 0 Å². The van der Waals surface area contributed by atoms with E-state index in [4.69, 9.17) is 4.74 Å². The molecular weight excluding hydrogens is 394 g/mol. The van der Waals surface area contributed by atoms with Crippen LogP contribution in [0.15, 0.2) is 59.4 Å². The Labute approximate surface area is 182 Å². The van der Waals surface area contributed by atoms with Crippen LogP contribution < -0.4 is 10.1 Å². The number of rotatable bonds is 10. The Balaban J connectivity index is 1.18. The smallest absolute Gasteiger partial charge is 0.119 e. The lowest BCUT2D eigenvalue weighted by Gasteiger charge is -2.30. The van der Waals surface area contributed by atoms with Crippen LogP contribution in [-0.2, 0) is 25.9 Å². The minimum Gasteiger partial charge on any atom is -0.491 e. The van der Waals surface area contributed by atoms with Gasteiger partial charge in [0.25, 0.3) is 0 Å². The Hall–Kier alpha value is -2.25. The maximum absolute atomic E-state index is 10.5. The van der Waals surface area contributed by atoms with Gasteiger partial charge < -0.3 is 15.2 Å². The number of hydrogen-bond acceptors (Lipinski definition) is 6. The molecule has 30 heavy (non-hydrogen) atoms. The molecule has 3 aromatic rings. The third kappa shape index (κ3) is 6.12. The number of nitrogens with zero attached hydrogens (tertiary/aromatic N) is 2. The van der Waals surface area contributed by atoms with Crippen molar-refractivity contribution in [3.8, 4) is 5.75 Å². The molecule has 0 saturated carbocycles. The van der Waals surface area contributed by atoms with Crippen LogP contribution in [0.3, 0.4) is 0 Å². The first-order chi connectivity index (χ1) is 14.8. The van der Waals surface area contributed by atoms with Crippen molar-refractivity contribution in [2.24, 2.45) is 0 Å². The highest BCUT2D eigenvalue weighted by atomic mass is 32.1. The Morgan fingerprint density at radius 3 is 2.93 bits per heavy atom. The second-order valence-electron chi connectivity index (χ2n) is 7.77. The summed E-state index contributed by atoms with van der Waals surface area (Å²) in [4.78, 5) is 6.60. The molecule has 5 nitrogen and oxygen atoms in total. The largest absolute Gasteiger partial charge is 0.491 e. The van der Waals surface area contributed by atoms with Crippen molar-refractivity contribution < 1.29 is 9.84 Å². The maximum atomic E-state index is 10.5. The number of hydrogen-bond donors (Lipinski definition) is 2. The Morgan fingerprint density at radius 1 is 1.17 bits per heavy atom. The van der Waals surface area contributed by atoms with E-state index in [1.165, 1.54) is 16.7 Å². The normalized spacial score (nSPS) is 15.0. The van der Waals surface area contributed by atoms with Gasteiger partial charge in [-0.2, -0.15) is 0 Å². The van der Waals surface area contributed by atoms with Gasteiger partial charge in [0.1, 0.15) is 18.5 Å². The predicted octanol–water partition coefficient (Wildman–Crippen LogP) is 3.27. The molecule has 1 aliphatic heterocycles. The average Bonchev–Trinajstić information content (AvgIpc) is 3.29. The van der Waals surface area contributed by atoms with Gasteiger partial charge in [0.2, 0.25) is 0 Å². The van der Waals surface area contributed by atoms with E-state index in [0.29, 0.717) is 13.2 Å². The summed E-state index contributed by atoms with van der Waals surface area (Å²) in [5, 5.41) is 16.0. The van der Waals surface area contributed by atoms with E-state index in [1.807, 2.05) is 23.7 Å². The Bertz CT molecular complexity index is 916. The summed E-state index contributed by atoms with van der Waals surface area (Å²) in [6.07, 6.45) is 1.48. The number of nitrogens with one attached hydrogen (secondary N) is 1. The summed E-state index contributed by atoms with van der Waals surface area (Å²) in [6, 6.07) is 16.6. The zero-order chi connectivity index (χ0) is 20.6. The van der Waals surface area contributed by atoms with Gasteiger partial charge in [0.05, 0.1) is 11.2 Å². The Morgan fingerprint density at radius 2 is 2.07 bits per heavy atom. The summed E-state index contributed by atoms with van der Waals surface area (Å²) in [5.74, 6) is 0.803. The molecule has 6 heteroatoms. The van der Waals surface area contributed by atoms with Crippen molar-refractivity contribution in [2.45, 2.75) is 32.0 Å². The zero-order valence-electron chi connectivity index (χ0n) is 17.2. The summed E-state index contributed by atoms with van der Waals surface area (Å²) in [5.41, 5.74) is 6.97. The standard InChI is InChI=1S/C24H29N3O2S/c28-23(15-27-11-9-20-5-1-2-6-21(20)14-27)16-29-24-7-3-4-19(12-24)13-25-10-8-22-17-30-18-26-22/h1-7,12,17-18,23,25,28H,8-11,13-16H2. The van der Waals surface area contributed by atoms with E-state index < -0.39 is 6.10 Å². The fourth-order valence-corrected chi connectivity index (χ4v) is 4.40. The minimum absolute atomic E-state index is 0.304. The molecule has 1 unspecified atom stereocenters. The first-order valence-corrected chi connectivity index (χ1v) is 11.5. The molecule has 0 bridgehead atoms. The summed E-state index contributed by atoms with van der Waals surface area (Å²) >= 11 is 1.63. The molecular formula is C24H29N3O2S. The fraction of sp³-hybridized carbons (Fsp3) is 0.375. The lowest BCUT2D eigenvalue weighted by molar-refractivity contribution is 0.0637. The van der Waals surface area contributed by atoms with Crippen LogP contribution in [0.2, 0.25) is 0 Å². The molecule has 2 heterocycles.